The number of ether oxygens (including phenoxy) is 1. The van der Waals surface area contributed by atoms with Crippen molar-refractivity contribution in [3.05, 3.63) is 53.1 Å². The molecule has 0 aromatic carbocycles. The molecule has 0 saturated carbocycles. The van der Waals surface area contributed by atoms with Crippen LogP contribution in [0.2, 0.25) is 0 Å². The van der Waals surface area contributed by atoms with Gasteiger partial charge in [0.05, 0.1) is 59.9 Å². The highest BCUT2D eigenvalue weighted by Gasteiger charge is 2.27. The predicted octanol–water partition coefficient (Wildman–Crippen LogP) is 1.83. The van der Waals surface area contributed by atoms with Gasteiger partial charge in [-0.2, -0.15) is 5.10 Å². The molecule has 2 amide bonds. The molecule has 9 heteroatoms. The Balaban J connectivity index is 1.66. The number of hydrogen-bond donors (Lipinski definition) is 3. The molecule has 2 bridgehead atoms. The number of rotatable bonds is 0. The molecule has 5 rings (SSSR count). The van der Waals surface area contributed by atoms with E-state index in [2.05, 4.69) is 25.7 Å². The van der Waals surface area contributed by atoms with Gasteiger partial charge in [0.1, 0.15) is 0 Å². The van der Waals surface area contributed by atoms with Gasteiger partial charge in [0, 0.05) is 24.0 Å². The number of nitrogens with zero attached hydrogens (tertiary/aromatic N) is 3. The van der Waals surface area contributed by atoms with Crippen molar-refractivity contribution in [3.8, 4) is 11.4 Å². The predicted molar refractivity (Wildman–Crippen MR) is 111 cm³/mol. The quantitative estimate of drug-likeness (QED) is 0.529. The van der Waals surface area contributed by atoms with Crippen LogP contribution in [0.5, 0.6) is 0 Å². The van der Waals surface area contributed by atoms with Crippen molar-refractivity contribution in [3.63, 3.8) is 0 Å². The largest absolute Gasteiger partial charge is 0.378 e. The molecular weight excluding hydrogens is 384 g/mol. The van der Waals surface area contributed by atoms with E-state index in [1.54, 1.807) is 24.5 Å². The van der Waals surface area contributed by atoms with E-state index in [1.807, 2.05) is 23.7 Å². The van der Waals surface area contributed by atoms with Crippen molar-refractivity contribution in [2.45, 2.75) is 13.5 Å². The van der Waals surface area contributed by atoms with Crippen LogP contribution >= 0.6 is 0 Å². The summed E-state index contributed by atoms with van der Waals surface area (Å²) in [6.45, 7) is 3.65. The second kappa shape index (κ2) is 7.27. The standard InChI is InChI=1S/C21H20N6O3/c1-12-8-15-16(25-12)10-14-13-9-17(23-11-18(13)26-21(14)29)19-2-3-24-27(19)5-7-30-6-4-22-20(15)28/h2-3,8-11,25H,4-7H2,1H3,(H,22,28)(H,26,29)/b14-10-. The molecule has 9 nitrogen and oxygen atoms in total. The van der Waals surface area contributed by atoms with Crippen molar-refractivity contribution < 1.29 is 14.3 Å². The fourth-order valence-electron chi connectivity index (χ4n) is 3.74. The highest BCUT2D eigenvalue weighted by Crippen LogP contribution is 2.35. The highest BCUT2D eigenvalue weighted by molar-refractivity contribution is 6.35. The fourth-order valence-corrected chi connectivity index (χ4v) is 3.74. The van der Waals surface area contributed by atoms with Crippen molar-refractivity contribution in [1.82, 2.24) is 25.1 Å². The molecule has 3 aromatic rings. The van der Waals surface area contributed by atoms with Crippen LogP contribution in [-0.4, -0.2) is 51.3 Å². The SMILES string of the molecule is Cc1cc2c([nH]1)/C=C1\C(=O)Nc3cnc(cc31)-c1ccnn1CCOCCNC2=O. The lowest BCUT2D eigenvalue weighted by molar-refractivity contribution is -0.110. The van der Waals surface area contributed by atoms with E-state index in [9.17, 15) is 9.59 Å². The van der Waals surface area contributed by atoms with Gasteiger partial charge in [-0.3, -0.25) is 19.3 Å². The average molecular weight is 404 g/mol. The van der Waals surface area contributed by atoms with Gasteiger partial charge in [0.25, 0.3) is 11.8 Å². The van der Waals surface area contributed by atoms with E-state index in [0.29, 0.717) is 54.5 Å². The van der Waals surface area contributed by atoms with Gasteiger partial charge >= 0.3 is 0 Å². The molecular formula is C21H20N6O3. The minimum absolute atomic E-state index is 0.217. The first-order valence-corrected chi connectivity index (χ1v) is 9.71. The summed E-state index contributed by atoms with van der Waals surface area (Å²) in [7, 11) is 0. The van der Waals surface area contributed by atoms with E-state index < -0.39 is 0 Å². The number of aryl methyl sites for hydroxylation is 1. The Morgan fingerprint density at radius 3 is 2.93 bits per heavy atom. The number of nitrogens with one attached hydrogen (secondary N) is 3. The van der Waals surface area contributed by atoms with E-state index in [0.717, 1.165) is 17.0 Å². The number of carbonyl (C=O) groups is 2. The minimum Gasteiger partial charge on any atom is -0.378 e. The molecule has 5 heterocycles. The van der Waals surface area contributed by atoms with E-state index >= 15 is 0 Å². The zero-order chi connectivity index (χ0) is 20.7. The summed E-state index contributed by atoms with van der Waals surface area (Å²) in [5, 5.41) is 10.1. The monoisotopic (exact) mass is 404 g/mol. The van der Waals surface area contributed by atoms with Crippen molar-refractivity contribution in [1.29, 1.82) is 0 Å². The second-order valence-corrected chi connectivity index (χ2v) is 7.21. The van der Waals surface area contributed by atoms with Gasteiger partial charge in [-0.1, -0.05) is 0 Å². The third kappa shape index (κ3) is 3.18. The zero-order valence-electron chi connectivity index (χ0n) is 16.4. The van der Waals surface area contributed by atoms with Gasteiger partial charge in [0.2, 0.25) is 0 Å². The third-order valence-electron chi connectivity index (χ3n) is 5.16. The first-order valence-electron chi connectivity index (χ1n) is 9.71. The normalized spacial score (nSPS) is 18.1. The number of anilines is 1. The molecule has 0 aliphatic carbocycles. The number of fused-ring (bicyclic) bond motifs is 4. The van der Waals surface area contributed by atoms with Gasteiger partial charge in [-0.15, -0.1) is 0 Å². The maximum absolute atomic E-state index is 12.7. The number of H-pyrrole nitrogens is 1. The van der Waals surface area contributed by atoms with Crippen LogP contribution in [0.1, 0.15) is 27.3 Å². The van der Waals surface area contributed by atoms with Gasteiger partial charge in [-0.05, 0) is 31.2 Å². The number of carbonyl (C=O) groups excluding carboxylic acids is 2. The lowest BCUT2D eigenvalue weighted by Gasteiger charge is -2.10. The number of aromatic amines is 1. The van der Waals surface area contributed by atoms with Crippen molar-refractivity contribution >= 4 is 29.2 Å². The summed E-state index contributed by atoms with van der Waals surface area (Å²) in [6, 6.07) is 5.53. The second-order valence-electron chi connectivity index (χ2n) is 7.21. The van der Waals surface area contributed by atoms with Gasteiger partial charge < -0.3 is 20.4 Å². The van der Waals surface area contributed by atoms with E-state index in [4.69, 9.17) is 4.74 Å². The summed E-state index contributed by atoms with van der Waals surface area (Å²) in [5.74, 6) is -0.448. The fraction of sp³-hybridized carbons (Fsp3) is 0.238. The third-order valence-corrected chi connectivity index (χ3v) is 5.16. The first kappa shape index (κ1) is 18.3. The van der Waals surface area contributed by atoms with E-state index in [-0.39, 0.29) is 11.8 Å². The molecule has 3 N–H and O–H groups in total. The molecule has 2 aliphatic heterocycles. The van der Waals surface area contributed by atoms with Crippen LogP contribution in [0.15, 0.2) is 30.6 Å². The number of amides is 2. The van der Waals surface area contributed by atoms with Crippen LogP contribution in [0.25, 0.3) is 23.0 Å². The molecule has 0 atom stereocenters. The summed E-state index contributed by atoms with van der Waals surface area (Å²) in [5.41, 5.74) is 5.31. The van der Waals surface area contributed by atoms with Crippen LogP contribution < -0.4 is 10.6 Å². The maximum Gasteiger partial charge on any atom is 0.256 e. The van der Waals surface area contributed by atoms with E-state index in [1.165, 1.54) is 0 Å². The molecule has 0 unspecified atom stereocenters. The Labute approximate surface area is 172 Å². The van der Waals surface area contributed by atoms with Crippen molar-refractivity contribution in [2.75, 3.05) is 25.1 Å². The lowest BCUT2D eigenvalue weighted by Crippen LogP contribution is -2.28. The highest BCUT2D eigenvalue weighted by atomic mass is 16.5. The molecule has 2 aliphatic rings. The maximum atomic E-state index is 12.7. The Hall–Kier alpha value is -3.72. The molecule has 3 aromatic heterocycles. The summed E-state index contributed by atoms with van der Waals surface area (Å²) in [4.78, 5) is 33.0. The summed E-state index contributed by atoms with van der Waals surface area (Å²) < 4.78 is 7.47. The topological polar surface area (TPSA) is 114 Å². The van der Waals surface area contributed by atoms with Crippen LogP contribution in [0.3, 0.4) is 0 Å². The van der Waals surface area contributed by atoms with Crippen LogP contribution in [0.4, 0.5) is 5.69 Å². The molecule has 0 saturated heterocycles. The molecule has 30 heavy (non-hydrogen) atoms. The van der Waals surface area contributed by atoms with Crippen LogP contribution in [0, 0.1) is 6.92 Å². The van der Waals surface area contributed by atoms with Crippen molar-refractivity contribution in [2.24, 2.45) is 0 Å². The molecule has 0 fully saturated rings. The van der Waals surface area contributed by atoms with Gasteiger partial charge in [0.15, 0.2) is 0 Å². The molecule has 0 spiro atoms. The zero-order valence-corrected chi connectivity index (χ0v) is 16.4. The molecule has 0 radical (unpaired) electrons. The molecule has 152 valence electrons. The number of aromatic nitrogens is 4. The van der Waals surface area contributed by atoms with Gasteiger partial charge in [-0.25, -0.2) is 0 Å². The Kier molecular flexibility index (Phi) is 4.44. The Morgan fingerprint density at radius 1 is 1.13 bits per heavy atom. The average Bonchev–Trinajstić information content (AvgIpc) is 3.41. The lowest BCUT2D eigenvalue weighted by atomic mass is 10.0. The summed E-state index contributed by atoms with van der Waals surface area (Å²) >= 11 is 0. The minimum atomic E-state index is -0.231. The first-order chi connectivity index (χ1) is 14.6. The van der Waals surface area contributed by atoms with Crippen LogP contribution in [-0.2, 0) is 16.1 Å². The number of hydrogen-bond acceptors (Lipinski definition) is 5. The smallest absolute Gasteiger partial charge is 0.256 e. The Morgan fingerprint density at radius 2 is 2.03 bits per heavy atom. The number of pyridine rings is 1. The Bertz CT molecular complexity index is 1190. The summed E-state index contributed by atoms with van der Waals surface area (Å²) in [6.07, 6.45) is 5.08.